The molecule has 3 heteroatoms. The van der Waals surface area contributed by atoms with Crippen molar-refractivity contribution >= 4 is 0 Å². The molecule has 2 N–H and O–H groups in total. The lowest BCUT2D eigenvalue weighted by atomic mass is 9.80. The van der Waals surface area contributed by atoms with Crippen molar-refractivity contribution in [2.45, 2.75) is 47.0 Å². The summed E-state index contributed by atoms with van der Waals surface area (Å²) < 4.78 is 5.68. The molecule has 16 heavy (non-hydrogen) atoms. The third-order valence-corrected chi connectivity index (χ3v) is 3.18. The van der Waals surface area contributed by atoms with Crippen LogP contribution in [0.5, 0.6) is 0 Å². The first-order valence-corrected chi connectivity index (χ1v) is 6.07. The molecule has 1 aromatic heterocycles. The third kappa shape index (κ3) is 3.97. The summed E-state index contributed by atoms with van der Waals surface area (Å²) in [5.74, 6) is 2.40. The van der Waals surface area contributed by atoms with E-state index in [4.69, 9.17) is 10.2 Å². The minimum absolute atomic E-state index is 0.310. The summed E-state index contributed by atoms with van der Waals surface area (Å²) in [7, 11) is 0. The molecule has 0 aromatic carbocycles. The van der Waals surface area contributed by atoms with Crippen LogP contribution in [0.15, 0.2) is 10.6 Å². The number of aromatic nitrogens is 1. The largest absolute Gasteiger partial charge is 0.446 e. The normalized spacial score (nSPS) is 14.1. The van der Waals surface area contributed by atoms with Gasteiger partial charge in [-0.2, -0.15) is 0 Å². The Kier molecular flexibility index (Phi) is 4.54. The Bertz CT molecular complexity index is 312. The van der Waals surface area contributed by atoms with Gasteiger partial charge in [0.2, 0.25) is 0 Å². The molecular formula is C13H24N2O. The molecular weight excluding hydrogens is 200 g/mol. The summed E-state index contributed by atoms with van der Waals surface area (Å²) in [4.78, 5) is 4.27. The minimum Gasteiger partial charge on any atom is -0.446 e. The van der Waals surface area contributed by atoms with Crippen LogP contribution < -0.4 is 5.73 Å². The Morgan fingerprint density at radius 2 is 2.12 bits per heavy atom. The molecule has 0 amide bonds. The van der Waals surface area contributed by atoms with E-state index >= 15 is 0 Å². The molecule has 0 aliphatic heterocycles. The summed E-state index contributed by atoms with van der Waals surface area (Å²) in [5, 5.41) is 0. The molecule has 0 spiro atoms. The number of nitrogens with two attached hydrogens (primary N) is 1. The van der Waals surface area contributed by atoms with E-state index in [-0.39, 0.29) is 0 Å². The van der Waals surface area contributed by atoms with Crippen molar-refractivity contribution < 1.29 is 4.42 Å². The van der Waals surface area contributed by atoms with E-state index in [0.717, 1.165) is 30.9 Å². The molecule has 1 heterocycles. The number of hydrogen-bond donors (Lipinski definition) is 1. The highest BCUT2D eigenvalue weighted by Gasteiger charge is 2.21. The molecule has 3 nitrogen and oxygen atoms in total. The van der Waals surface area contributed by atoms with Gasteiger partial charge >= 0.3 is 0 Å². The predicted octanol–water partition coefficient (Wildman–Crippen LogP) is 2.79. The maximum Gasteiger partial charge on any atom is 0.194 e. The van der Waals surface area contributed by atoms with Gasteiger partial charge in [0, 0.05) is 12.8 Å². The van der Waals surface area contributed by atoms with E-state index in [9.17, 15) is 0 Å². The SMILES string of the molecule is CC(Cc1cnc(CCCN)o1)C(C)(C)C. The first kappa shape index (κ1) is 13.2. The lowest BCUT2D eigenvalue weighted by molar-refractivity contribution is 0.246. The van der Waals surface area contributed by atoms with Crippen LogP contribution in [0.4, 0.5) is 0 Å². The molecule has 1 rings (SSSR count). The van der Waals surface area contributed by atoms with Crippen molar-refractivity contribution in [3.05, 3.63) is 17.8 Å². The summed E-state index contributed by atoms with van der Waals surface area (Å²) in [5.41, 5.74) is 5.76. The molecule has 1 atom stereocenters. The summed E-state index contributed by atoms with van der Waals surface area (Å²) in [6, 6.07) is 0. The molecule has 0 aliphatic rings. The van der Waals surface area contributed by atoms with Crippen LogP contribution in [0.2, 0.25) is 0 Å². The molecule has 0 saturated carbocycles. The van der Waals surface area contributed by atoms with Crippen LogP contribution in [0, 0.1) is 11.3 Å². The maximum absolute atomic E-state index is 5.68. The summed E-state index contributed by atoms with van der Waals surface area (Å²) in [6.45, 7) is 9.70. The first-order valence-electron chi connectivity index (χ1n) is 6.07. The van der Waals surface area contributed by atoms with Crippen LogP contribution in [-0.2, 0) is 12.8 Å². The maximum atomic E-state index is 5.68. The van der Waals surface area contributed by atoms with Gasteiger partial charge in [0.25, 0.3) is 0 Å². The molecule has 92 valence electrons. The van der Waals surface area contributed by atoms with Crippen molar-refractivity contribution in [3.8, 4) is 0 Å². The number of oxazole rings is 1. The Hall–Kier alpha value is -0.830. The average molecular weight is 224 g/mol. The van der Waals surface area contributed by atoms with Crippen LogP contribution in [0.3, 0.4) is 0 Å². The van der Waals surface area contributed by atoms with Gasteiger partial charge < -0.3 is 10.2 Å². The van der Waals surface area contributed by atoms with E-state index < -0.39 is 0 Å². The van der Waals surface area contributed by atoms with Crippen molar-refractivity contribution in [2.24, 2.45) is 17.1 Å². The molecule has 0 bridgehead atoms. The highest BCUT2D eigenvalue weighted by molar-refractivity contribution is 4.96. The second kappa shape index (κ2) is 5.48. The lowest BCUT2D eigenvalue weighted by Gasteiger charge is -2.26. The zero-order valence-electron chi connectivity index (χ0n) is 10.9. The van der Waals surface area contributed by atoms with Gasteiger partial charge in [0.1, 0.15) is 5.76 Å². The van der Waals surface area contributed by atoms with Gasteiger partial charge in [0.15, 0.2) is 5.89 Å². The fraction of sp³-hybridized carbons (Fsp3) is 0.769. The van der Waals surface area contributed by atoms with E-state index in [2.05, 4.69) is 32.7 Å². The second-order valence-electron chi connectivity index (χ2n) is 5.58. The molecule has 0 saturated heterocycles. The highest BCUT2D eigenvalue weighted by Crippen LogP contribution is 2.28. The van der Waals surface area contributed by atoms with E-state index in [1.54, 1.807) is 0 Å². The quantitative estimate of drug-likeness (QED) is 0.836. The van der Waals surface area contributed by atoms with Gasteiger partial charge in [-0.15, -0.1) is 0 Å². The van der Waals surface area contributed by atoms with E-state index in [0.29, 0.717) is 17.9 Å². The minimum atomic E-state index is 0.310. The number of nitrogens with zero attached hydrogens (tertiary/aromatic N) is 1. The fourth-order valence-electron chi connectivity index (χ4n) is 1.42. The smallest absolute Gasteiger partial charge is 0.194 e. The predicted molar refractivity (Wildman–Crippen MR) is 66.2 cm³/mol. The van der Waals surface area contributed by atoms with Crippen molar-refractivity contribution in [2.75, 3.05) is 6.54 Å². The number of aryl methyl sites for hydroxylation is 1. The van der Waals surface area contributed by atoms with Crippen LogP contribution >= 0.6 is 0 Å². The molecule has 1 aromatic rings. The average Bonchev–Trinajstić information content (AvgIpc) is 2.61. The molecule has 0 radical (unpaired) electrons. The zero-order valence-corrected chi connectivity index (χ0v) is 10.9. The van der Waals surface area contributed by atoms with Crippen molar-refractivity contribution in [1.82, 2.24) is 4.98 Å². The zero-order chi connectivity index (χ0) is 12.2. The van der Waals surface area contributed by atoms with Crippen LogP contribution in [0.25, 0.3) is 0 Å². The highest BCUT2D eigenvalue weighted by atomic mass is 16.4. The van der Waals surface area contributed by atoms with Gasteiger partial charge in [-0.3, -0.25) is 0 Å². The van der Waals surface area contributed by atoms with Crippen LogP contribution in [0.1, 0.15) is 45.8 Å². The Morgan fingerprint density at radius 3 is 2.69 bits per heavy atom. The molecule has 0 fully saturated rings. The number of rotatable bonds is 5. The number of hydrogen-bond acceptors (Lipinski definition) is 3. The van der Waals surface area contributed by atoms with Crippen molar-refractivity contribution in [3.63, 3.8) is 0 Å². The Morgan fingerprint density at radius 1 is 1.44 bits per heavy atom. The third-order valence-electron chi connectivity index (χ3n) is 3.18. The topological polar surface area (TPSA) is 52.0 Å². The second-order valence-corrected chi connectivity index (χ2v) is 5.58. The van der Waals surface area contributed by atoms with Gasteiger partial charge in [-0.25, -0.2) is 4.98 Å². The first-order chi connectivity index (χ1) is 7.43. The standard InChI is InChI=1S/C13H24N2O/c1-10(13(2,3)4)8-11-9-15-12(16-11)6-5-7-14/h9-10H,5-8,14H2,1-4H3. The monoisotopic (exact) mass is 224 g/mol. The Balaban J connectivity index is 2.52. The molecule has 0 aliphatic carbocycles. The van der Waals surface area contributed by atoms with E-state index in [1.807, 2.05) is 6.20 Å². The summed E-state index contributed by atoms with van der Waals surface area (Å²) in [6.07, 6.45) is 4.60. The van der Waals surface area contributed by atoms with E-state index in [1.165, 1.54) is 0 Å². The van der Waals surface area contributed by atoms with Gasteiger partial charge in [-0.05, 0) is 24.3 Å². The molecule has 1 unspecified atom stereocenters. The van der Waals surface area contributed by atoms with Gasteiger partial charge in [-0.1, -0.05) is 27.7 Å². The summed E-state index contributed by atoms with van der Waals surface area (Å²) >= 11 is 0. The Labute approximate surface area is 98.4 Å². The van der Waals surface area contributed by atoms with Gasteiger partial charge in [0.05, 0.1) is 6.20 Å². The fourth-order valence-corrected chi connectivity index (χ4v) is 1.42. The lowest BCUT2D eigenvalue weighted by Crippen LogP contribution is -2.19. The van der Waals surface area contributed by atoms with Crippen molar-refractivity contribution in [1.29, 1.82) is 0 Å². The van der Waals surface area contributed by atoms with Crippen LogP contribution in [-0.4, -0.2) is 11.5 Å².